The fraction of sp³-hybridized carbons (Fsp3) is 0.148. The predicted molar refractivity (Wildman–Crippen MR) is 130 cm³/mol. The van der Waals surface area contributed by atoms with Crippen LogP contribution in [0.3, 0.4) is 0 Å². The minimum atomic E-state index is -0.746. The summed E-state index contributed by atoms with van der Waals surface area (Å²) >= 11 is 0. The summed E-state index contributed by atoms with van der Waals surface area (Å²) in [7, 11) is 3.34. The third-order valence-corrected chi connectivity index (χ3v) is 7.68. The summed E-state index contributed by atoms with van der Waals surface area (Å²) in [6.07, 6.45) is 1.03. The van der Waals surface area contributed by atoms with Gasteiger partial charge in [0.25, 0.3) is 0 Å². The number of carbonyl (C=O) groups is 1. The second-order valence-electron chi connectivity index (χ2n) is 7.31. The quantitative estimate of drug-likeness (QED) is 0.172. The zero-order valence-electron chi connectivity index (χ0n) is 18.1. The molecule has 4 aromatic rings. The molecular formula is C27H28FeNOP-6. The summed E-state index contributed by atoms with van der Waals surface area (Å²) in [5.74, 6) is 0. The fourth-order valence-electron chi connectivity index (χ4n) is 3.36. The van der Waals surface area contributed by atoms with Gasteiger partial charge in [0.15, 0.2) is 0 Å². The van der Waals surface area contributed by atoms with E-state index in [0.717, 1.165) is 22.7 Å². The number of carbonyl (C=O) groups excluding carboxylic acids is 1. The molecule has 4 rings (SSSR count). The average molecular weight is 469 g/mol. The second kappa shape index (κ2) is 12.5. The molecule has 0 saturated heterocycles. The summed E-state index contributed by atoms with van der Waals surface area (Å²) in [5, 5.41) is 3.68. The van der Waals surface area contributed by atoms with Gasteiger partial charge in [-0.15, -0.1) is 22.5 Å². The van der Waals surface area contributed by atoms with Crippen molar-refractivity contribution in [2.24, 2.45) is 0 Å². The molecule has 0 aliphatic rings. The molecule has 4 heteroatoms. The van der Waals surface area contributed by atoms with E-state index in [-0.39, 0.29) is 23.1 Å². The van der Waals surface area contributed by atoms with Crippen LogP contribution in [-0.2, 0) is 17.1 Å². The van der Waals surface area contributed by atoms with Gasteiger partial charge in [-0.3, -0.25) is 0 Å². The Morgan fingerprint density at radius 2 is 1.29 bits per heavy atom. The number of rotatable bonds is 6. The zero-order chi connectivity index (χ0) is 21.3. The Kier molecular flexibility index (Phi) is 10.1. The summed E-state index contributed by atoms with van der Waals surface area (Å²) < 4.78 is 0. The Balaban J connectivity index is 0.000000501. The molecule has 0 aliphatic carbocycles. The first-order valence-electron chi connectivity index (χ1n) is 10.1. The molecule has 0 radical (unpaired) electrons. The topological polar surface area (TPSA) is 20.3 Å². The smallest absolute Gasteiger partial charge is 0.0659 e. The van der Waals surface area contributed by atoms with E-state index in [2.05, 4.69) is 72.5 Å². The number of nitrogens with zero attached hydrogens (tertiary/aromatic N) is 1. The van der Waals surface area contributed by atoms with Crippen molar-refractivity contribution in [3.8, 4) is 0 Å². The first-order valence-corrected chi connectivity index (χ1v) is 11.5. The number of hydrogen-bond donors (Lipinski definition) is 0. The average Bonchev–Trinajstić information content (AvgIpc) is 3.48. The van der Waals surface area contributed by atoms with Crippen molar-refractivity contribution < 1.29 is 21.9 Å². The minimum Gasteiger partial charge on any atom is -0.748 e. The van der Waals surface area contributed by atoms with E-state index >= 15 is 0 Å². The Labute approximate surface area is 197 Å². The first kappa shape index (κ1) is 25.0. The maximum absolute atomic E-state index is 12.0. The SMILES string of the molecule is CC([c-]1ccc(P(c2ccccc2)c2ccccc2)c1C=O)N(C)C.[Fe].[cH-]1[cH-][cH-][cH-][cH-]1. The van der Waals surface area contributed by atoms with Crippen molar-refractivity contribution in [2.75, 3.05) is 14.1 Å². The minimum absolute atomic E-state index is 0. The monoisotopic (exact) mass is 469 g/mol. The maximum atomic E-state index is 12.0. The van der Waals surface area contributed by atoms with E-state index in [9.17, 15) is 4.79 Å². The van der Waals surface area contributed by atoms with Crippen LogP contribution < -0.4 is 15.9 Å². The van der Waals surface area contributed by atoms with Crippen molar-refractivity contribution in [1.29, 1.82) is 0 Å². The molecule has 1 atom stereocenters. The standard InChI is InChI=1S/C22H23NOP.C5H5.Fe/c1-17(23(2)3)20-14-15-22(21(20)16-24)25(18-10-6-4-7-11-18)19-12-8-5-9-13-19;1-2-4-5-3-1;/h4-17H,1-3H3;1-5H;/q-1;-5;. The van der Waals surface area contributed by atoms with Gasteiger partial charge >= 0.3 is 0 Å². The van der Waals surface area contributed by atoms with Crippen molar-refractivity contribution in [3.05, 3.63) is 114 Å². The third kappa shape index (κ3) is 6.35. The molecule has 2 nitrogen and oxygen atoms in total. The number of aldehydes is 1. The molecule has 0 bridgehead atoms. The Morgan fingerprint density at radius 1 is 0.839 bits per heavy atom. The van der Waals surface area contributed by atoms with Crippen LogP contribution in [0.5, 0.6) is 0 Å². The van der Waals surface area contributed by atoms with Crippen molar-refractivity contribution >= 4 is 30.1 Å². The second-order valence-corrected chi connectivity index (χ2v) is 9.50. The van der Waals surface area contributed by atoms with Crippen molar-refractivity contribution in [3.63, 3.8) is 0 Å². The molecule has 0 saturated carbocycles. The van der Waals surface area contributed by atoms with E-state index < -0.39 is 7.92 Å². The molecule has 4 aromatic carbocycles. The number of benzene rings is 2. The Morgan fingerprint density at radius 3 is 1.68 bits per heavy atom. The summed E-state index contributed by atoms with van der Waals surface area (Å²) in [4.78, 5) is 14.1. The van der Waals surface area contributed by atoms with Gasteiger partial charge in [0.1, 0.15) is 0 Å². The van der Waals surface area contributed by atoms with E-state index in [0.29, 0.717) is 0 Å². The van der Waals surface area contributed by atoms with Gasteiger partial charge in [-0.05, 0) is 30.7 Å². The molecule has 0 aromatic heterocycles. The molecule has 0 amide bonds. The van der Waals surface area contributed by atoms with Gasteiger partial charge in [-0.2, -0.15) is 6.07 Å². The summed E-state index contributed by atoms with van der Waals surface area (Å²) in [5.41, 5.74) is 1.95. The molecule has 0 N–H and O–H groups in total. The molecule has 1 unspecified atom stereocenters. The van der Waals surface area contributed by atoms with Gasteiger partial charge in [0.05, 0.1) is 6.29 Å². The van der Waals surface area contributed by atoms with Gasteiger partial charge < -0.3 is 40.0 Å². The Bertz CT molecular complexity index is 953. The fourth-order valence-corrected chi connectivity index (χ4v) is 5.81. The molecule has 0 heterocycles. The van der Waals surface area contributed by atoms with Crippen molar-refractivity contribution in [1.82, 2.24) is 4.90 Å². The Hall–Kier alpha value is -2.28. The van der Waals surface area contributed by atoms with Crippen LogP contribution in [0.4, 0.5) is 0 Å². The molecule has 0 spiro atoms. The van der Waals surface area contributed by atoms with Crippen LogP contribution in [0.15, 0.2) is 103 Å². The van der Waals surface area contributed by atoms with Crippen molar-refractivity contribution in [2.45, 2.75) is 13.0 Å². The molecular weight excluding hydrogens is 441 g/mol. The summed E-state index contributed by atoms with van der Waals surface area (Å²) in [6.45, 7) is 2.14. The van der Waals surface area contributed by atoms with Gasteiger partial charge in [-0.25, -0.2) is 0 Å². The normalized spacial score (nSPS) is 11.4. The van der Waals surface area contributed by atoms with Crippen LogP contribution in [0.25, 0.3) is 0 Å². The van der Waals surface area contributed by atoms with Crippen LogP contribution in [0.2, 0.25) is 0 Å². The van der Waals surface area contributed by atoms with E-state index in [1.807, 2.05) is 56.6 Å². The van der Waals surface area contributed by atoms with E-state index in [4.69, 9.17) is 0 Å². The molecule has 166 valence electrons. The van der Waals surface area contributed by atoms with E-state index in [1.54, 1.807) is 0 Å². The van der Waals surface area contributed by atoms with Gasteiger partial charge in [-0.1, -0.05) is 75.5 Å². The summed E-state index contributed by atoms with van der Waals surface area (Å²) in [6, 6.07) is 35.5. The third-order valence-electron chi connectivity index (χ3n) is 5.18. The largest absolute Gasteiger partial charge is 0.748 e. The van der Waals surface area contributed by atoms with Crippen LogP contribution in [0, 0.1) is 0 Å². The molecule has 0 aliphatic heterocycles. The zero-order valence-corrected chi connectivity index (χ0v) is 20.1. The van der Waals surface area contributed by atoms with Gasteiger partial charge in [0.2, 0.25) is 0 Å². The molecule has 0 fully saturated rings. The van der Waals surface area contributed by atoms with E-state index in [1.165, 1.54) is 10.6 Å². The van der Waals surface area contributed by atoms with Gasteiger partial charge in [0, 0.05) is 17.1 Å². The van der Waals surface area contributed by atoms with Crippen LogP contribution in [-0.4, -0.2) is 25.3 Å². The van der Waals surface area contributed by atoms with Crippen LogP contribution in [0.1, 0.15) is 28.9 Å². The molecule has 31 heavy (non-hydrogen) atoms. The number of hydrogen-bond acceptors (Lipinski definition) is 2. The maximum Gasteiger partial charge on any atom is 0.0659 e. The van der Waals surface area contributed by atoms with Crippen LogP contribution >= 0.6 is 7.92 Å². The predicted octanol–water partition coefficient (Wildman–Crippen LogP) is 5.00. The first-order chi connectivity index (χ1) is 14.6.